The molecule has 0 fully saturated rings. The molecule has 112 valence electrons. The van der Waals surface area contributed by atoms with Gasteiger partial charge in [-0.2, -0.15) is 0 Å². The Hall–Kier alpha value is -2.21. The maximum absolute atomic E-state index is 10.6. The van der Waals surface area contributed by atoms with Crippen molar-refractivity contribution >= 4 is 23.2 Å². The first-order valence-corrected chi connectivity index (χ1v) is 6.87. The first kappa shape index (κ1) is 15.2. The number of nitrogens with zero attached hydrogens (tertiary/aromatic N) is 1. The molecule has 0 bridgehead atoms. The third kappa shape index (κ3) is 4.13. The van der Waals surface area contributed by atoms with Gasteiger partial charge in [-0.3, -0.25) is 10.1 Å². The van der Waals surface area contributed by atoms with Crippen LogP contribution in [0, 0.1) is 10.1 Å². The molecule has 21 heavy (non-hydrogen) atoms. The van der Waals surface area contributed by atoms with Crippen LogP contribution in [-0.4, -0.2) is 11.5 Å². The molecule has 0 saturated carbocycles. The summed E-state index contributed by atoms with van der Waals surface area (Å²) in [5, 5.41) is 14.2. The second-order valence-corrected chi connectivity index (χ2v) is 4.78. The van der Waals surface area contributed by atoms with Crippen LogP contribution in [0.1, 0.15) is 19.1 Å². The lowest BCUT2D eigenvalue weighted by atomic mass is 10.3. The van der Waals surface area contributed by atoms with Crippen LogP contribution in [0.15, 0.2) is 34.7 Å². The fourth-order valence-corrected chi connectivity index (χ4v) is 1.89. The lowest BCUT2D eigenvalue weighted by Crippen LogP contribution is -2.03. The highest BCUT2D eigenvalue weighted by molar-refractivity contribution is 6.30. The summed E-state index contributed by atoms with van der Waals surface area (Å²) in [5.74, 6) is 0.866. The highest BCUT2D eigenvalue weighted by Gasteiger charge is 2.12. The van der Waals surface area contributed by atoms with Crippen LogP contribution >= 0.6 is 11.6 Å². The van der Waals surface area contributed by atoms with Crippen molar-refractivity contribution in [2.24, 2.45) is 0 Å². The molecule has 2 rings (SSSR count). The average molecular weight is 311 g/mol. The molecule has 7 heteroatoms. The van der Waals surface area contributed by atoms with Gasteiger partial charge in [-0.15, -0.1) is 0 Å². The minimum absolute atomic E-state index is 0.277. The SMILES string of the molecule is CCCOc1ccc(Cl)cc1NCc1ccc([N+](=O)[O-])o1. The molecule has 2 aromatic rings. The van der Waals surface area contributed by atoms with E-state index < -0.39 is 4.92 Å². The van der Waals surface area contributed by atoms with Crippen LogP contribution < -0.4 is 10.1 Å². The molecule has 0 aliphatic carbocycles. The van der Waals surface area contributed by atoms with Crippen molar-refractivity contribution in [1.82, 2.24) is 0 Å². The zero-order valence-corrected chi connectivity index (χ0v) is 12.2. The first-order valence-electron chi connectivity index (χ1n) is 6.49. The second-order valence-electron chi connectivity index (χ2n) is 4.34. The standard InChI is InChI=1S/C14H15ClN2O4/c1-2-7-20-13-5-3-10(15)8-12(13)16-9-11-4-6-14(21-11)17(18)19/h3-6,8,16H,2,7,9H2,1H3. The molecule has 6 nitrogen and oxygen atoms in total. The molecule has 1 aromatic carbocycles. The van der Waals surface area contributed by atoms with Gasteiger partial charge in [0, 0.05) is 5.02 Å². The predicted molar refractivity (Wildman–Crippen MR) is 79.9 cm³/mol. The smallest absolute Gasteiger partial charge is 0.433 e. The largest absolute Gasteiger partial charge is 0.491 e. The molecule has 0 radical (unpaired) electrons. The Morgan fingerprint density at radius 1 is 1.38 bits per heavy atom. The Bertz CT molecular complexity index is 627. The Labute approximate surface area is 126 Å². The van der Waals surface area contributed by atoms with Gasteiger partial charge in [0.25, 0.3) is 0 Å². The van der Waals surface area contributed by atoms with Crippen LogP contribution in [-0.2, 0) is 6.54 Å². The lowest BCUT2D eigenvalue weighted by Gasteiger charge is -2.12. The molecule has 0 unspecified atom stereocenters. The molecular formula is C14H15ClN2O4. The van der Waals surface area contributed by atoms with Gasteiger partial charge in [0.1, 0.15) is 16.4 Å². The zero-order valence-electron chi connectivity index (χ0n) is 11.5. The number of ether oxygens (including phenoxy) is 1. The van der Waals surface area contributed by atoms with Crippen molar-refractivity contribution in [1.29, 1.82) is 0 Å². The Morgan fingerprint density at radius 3 is 2.86 bits per heavy atom. The molecule has 1 aromatic heterocycles. The van der Waals surface area contributed by atoms with E-state index >= 15 is 0 Å². The van der Waals surface area contributed by atoms with E-state index in [1.165, 1.54) is 6.07 Å². The molecule has 0 aliphatic heterocycles. The van der Waals surface area contributed by atoms with Gasteiger partial charge in [0.15, 0.2) is 0 Å². The zero-order chi connectivity index (χ0) is 15.2. The van der Waals surface area contributed by atoms with E-state index in [0.29, 0.717) is 29.7 Å². The second kappa shape index (κ2) is 6.99. The quantitative estimate of drug-likeness (QED) is 0.611. The van der Waals surface area contributed by atoms with Crippen LogP contribution in [0.4, 0.5) is 11.6 Å². The predicted octanol–water partition coefficient (Wildman–Crippen LogP) is 4.24. The number of benzene rings is 1. The highest BCUT2D eigenvalue weighted by Crippen LogP contribution is 2.29. The fourth-order valence-electron chi connectivity index (χ4n) is 1.72. The van der Waals surface area contributed by atoms with Gasteiger partial charge in [-0.05, 0) is 30.7 Å². The molecule has 0 amide bonds. The third-order valence-electron chi connectivity index (χ3n) is 2.68. The number of hydrogen-bond acceptors (Lipinski definition) is 5. The number of halogens is 1. The van der Waals surface area contributed by atoms with E-state index in [9.17, 15) is 10.1 Å². The summed E-state index contributed by atoms with van der Waals surface area (Å²) in [4.78, 5) is 9.99. The van der Waals surface area contributed by atoms with Gasteiger partial charge >= 0.3 is 5.88 Å². The van der Waals surface area contributed by atoms with Gasteiger partial charge in [0.05, 0.1) is 24.9 Å². The number of hydrogen-bond donors (Lipinski definition) is 1. The fraction of sp³-hybridized carbons (Fsp3) is 0.286. The van der Waals surface area contributed by atoms with Crippen molar-refractivity contribution < 1.29 is 14.1 Å². The molecule has 0 atom stereocenters. The van der Waals surface area contributed by atoms with Crippen molar-refractivity contribution in [3.63, 3.8) is 0 Å². The summed E-state index contributed by atoms with van der Waals surface area (Å²) in [6.45, 7) is 2.92. The summed E-state index contributed by atoms with van der Waals surface area (Å²) in [6.07, 6.45) is 0.895. The minimum atomic E-state index is -0.571. The highest BCUT2D eigenvalue weighted by atomic mass is 35.5. The Balaban J connectivity index is 2.07. The number of nitrogens with one attached hydrogen (secondary N) is 1. The van der Waals surface area contributed by atoms with E-state index in [2.05, 4.69) is 5.32 Å². The summed E-state index contributed by atoms with van der Waals surface area (Å²) < 4.78 is 10.7. The number of furan rings is 1. The van der Waals surface area contributed by atoms with Crippen molar-refractivity contribution in [3.8, 4) is 5.75 Å². The van der Waals surface area contributed by atoms with Gasteiger partial charge in [-0.1, -0.05) is 18.5 Å². The number of nitro groups is 1. The van der Waals surface area contributed by atoms with Crippen LogP contribution in [0.3, 0.4) is 0 Å². The van der Waals surface area contributed by atoms with Gasteiger partial charge < -0.3 is 14.5 Å². The number of anilines is 1. The van der Waals surface area contributed by atoms with Crippen molar-refractivity contribution in [2.45, 2.75) is 19.9 Å². The summed E-state index contributed by atoms with van der Waals surface area (Å²) in [6, 6.07) is 8.15. The van der Waals surface area contributed by atoms with Crippen LogP contribution in [0.25, 0.3) is 0 Å². The molecule has 0 saturated heterocycles. The summed E-state index contributed by atoms with van der Waals surface area (Å²) in [7, 11) is 0. The average Bonchev–Trinajstić information content (AvgIpc) is 2.93. The Kier molecular flexibility index (Phi) is 5.05. The van der Waals surface area contributed by atoms with E-state index in [4.69, 9.17) is 20.8 Å². The van der Waals surface area contributed by atoms with Gasteiger partial charge in [-0.25, -0.2) is 0 Å². The summed E-state index contributed by atoms with van der Waals surface area (Å²) >= 11 is 5.97. The number of rotatable bonds is 7. The summed E-state index contributed by atoms with van der Waals surface area (Å²) in [5.41, 5.74) is 0.718. The van der Waals surface area contributed by atoms with Crippen molar-refractivity contribution in [2.75, 3.05) is 11.9 Å². The minimum Gasteiger partial charge on any atom is -0.491 e. The maximum atomic E-state index is 10.6. The molecule has 0 spiro atoms. The maximum Gasteiger partial charge on any atom is 0.433 e. The molecule has 1 heterocycles. The van der Waals surface area contributed by atoms with Gasteiger partial charge in [0.2, 0.25) is 0 Å². The van der Waals surface area contributed by atoms with E-state index in [0.717, 1.165) is 12.1 Å². The Morgan fingerprint density at radius 2 is 2.19 bits per heavy atom. The topological polar surface area (TPSA) is 77.5 Å². The van der Waals surface area contributed by atoms with E-state index in [-0.39, 0.29) is 5.88 Å². The normalized spacial score (nSPS) is 10.4. The molecule has 1 N–H and O–H groups in total. The van der Waals surface area contributed by atoms with E-state index in [1.54, 1.807) is 24.3 Å². The van der Waals surface area contributed by atoms with Crippen LogP contribution in [0.2, 0.25) is 5.02 Å². The first-order chi connectivity index (χ1) is 10.1. The molecule has 0 aliphatic rings. The lowest BCUT2D eigenvalue weighted by molar-refractivity contribution is -0.402. The monoisotopic (exact) mass is 310 g/mol. The van der Waals surface area contributed by atoms with Crippen LogP contribution in [0.5, 0.6) is 5.75 Å². The van der Waals surface area contributed by atoms with Crippen molar-refractivity contribution in [3.05, 3.63) is 51.2 Å². The third-order valence-corrected chi connectivity index (χ3v) is 2.92. The van der Waals surface area contributed by atoms with E-state index in [1.807, 2.05) is 6.92 Å². The molecular weight excluding hydrogens is 296 g/mol.